The largest absolute Gasteiger partial charge is 0.338 e. The van der Waals surface area contributed by atoms with Gasteiger partial charge in [0, 0.05) is 13.1 Å². The fourth-order valence-corrected chi connectivity index (χ4v) is 3.30. The van der Waals surface area contributed by atoms with Crippen molar-refractivity contribution in [3.8, 4) is 0 Å². The molecule has 4 heteroatoms. The minimum atomic E-state index is 0.458. The lowest BCUT2D eigenvalue weighted by Gasteiger charge is -2.25. The van der Waals surface area contributed by atoms with Crippen LogP contribution in [-0.2, 0) is 13.0 Å². The Hall–Kier alpha value is -1.55. The van der Waals surface area contributed by atoms with Gasteiger partial charge < -0.3 is 4.90 Å². The summed E-state index contributed by atoms with van der Waals surface area (Å²) in [4.78, 5) is 7.13. The molecule has 0 aromatic heterocycles. The summed E-state index contributed by atoms with van der Waals surface area (Å²) in [5, 5.41) is 0. The second kappa shape index (κ2) is 6.27. The molecule has 1 aromatic carbocycles. The van der Waals surface area contributed by atoms with Crippen molar-refractivity contribution in [1.82, 2.24) is 10.3 Å². The minimum Gasteiger partial charge on any atom is -0.338 e. The van der Waals surface area contributed by atoms with Crippen LogP contribution in [0, 0.1) is 0 Å². The molecule has 0 bridgehead atoms. The van der Waals surface area contributed by atoms with E-state index in [2.05, 4.69) is 34.6 Å². The van der Waals surface area contributed by atoms with Crippen molar-refractivity contribution in [2.24, 2.45) is 10.8 Å². The van der Waals surface area contributed by atoms with Crippen LogP contribution in [0.1, 0.15) is 43.2 Å². The lowest BCUT2D eigenvalue weighted by molar-refractivity contribution is 0.397. The number of fused-ring (bicyclic) bond motifs is 1. The molecule has 108 valence electrons. The molecule has 1 aliphatic carbocycles. The second-order valence-electron chi connectivity index (χ2n) is 5.83. The number of nitrogens with zero attached hydrogens (tertiary/aromatic N) is 2. The molecule has 0 radical (unpaired) electrons. The van der Waals surface area contributed by atoms with Gasteiger partial charge in [0.05, 0.1) is 6.04 Å². The summed E-state index contributed by atoms with van der Waals surface area (Å²) in [5.41, 5.74) is 5.70. The lowest BCUT2D eigenvalue weighted by atomic mass is 10.0. The zero-order valence-corrected chi connectivity index (χ0v) is 12.0. The van der Waals surface area contributed by atoms with Gasteiger partial charge in [0.1, 0.15) is 0 Å². The maximum Gasteiger partial charge on any atom is 0.208 e. The highest BCUT2D eigenvalue weighted by atomic mass is 15.4. The first-order valence-electron chi connectivity index (χ1n) is 7.73. The van der Waals surface area contributed by atoms with Gasteiger partial charge in [-0.2, -0.15) is 0 Å². The lowest BCUT2D eigenvalue weighted by Crippen LogP contribution is -2.45. The predicted molar refractivity (Wildman–Crippen MR) is 82.2 cm³/mol. The number of hydrazine groups is 1. The highest BCUT2D eigenvalue weighted by Gasteiger charge is 2.20. The second-order valence-corrected chi connectivity index (χ2v) is 5.83. The van der Waals surface area contributed by atoms with Gasteiger partial charge in [-0.25, -0.2) is 10.8 Å². The number of rotatable bonds is 1. The van der Waals surface area contributed by atoms with E-state index in [4.69, 9.17) is 10.8 Å². The standard InChI is InChI=1S/C16H24N4/c17-19-16(18-15-9-3-4-10-15)20-11-5-8-13-6-1-2-7-14(13)12-20/h1-2,6-7,15H,3-5,8-12,17H2,(H,18,19). The van der Waals surface area contributed by atoms with Gasteiger partial charge in [-0.05, 0) is 36.8 Å². The molecule has 0 saturated heterocycles. The summed E-state index contributed by atoms with van der Waals surface area (Å²) in [6.45, 7) is 1.93. The maximum absolute atomic E-state index is 5.73. The number of hydrogen-bond donors (Lipinski definition) is 2. The Balaban J connectivity index is 1.78. The third-order valence-electron chi connectivity index (χ3n) is 4.41. The van der Waals surface area contributed by atoms with Gasteiger partial charge in [0.2, 0.25) is 5.96 Å². The number of nitrogens with two attached hydrogens (primary N) is 1. The van der Waals surface area contributed by atoms with Crippen molar-refractivity contribution in [2.75, 3.05) is 6.54 Å². The number of aliphatic imine (C=N–C) groups is 1. The van der Waals surface area contributed by atoms with E-state index in [1.165, 1.54) is 36.8 Å². The first-order valence-corrected chi connectivity index (χ1v) is 7.73. The zero-order valence-electron chi connectivity index (χ0n) is 12.0. The molecule has 4 nitrogen and oxygen atoms in total. The molecule has 1 saturated carbocycles. The van der Waals surface area contributed by atoms with E-state index in [0.29, 0.717) is 6.04 Å². The molecular weight excluding hydrogens is 248 g/mol. The van der Waals surface area contributed by atoms with Crippen LogP contribution in [0.3, 0.4) is 0 Å². The van der Waals surface area contributed by atoms with Gasteiger partial charge >= 0.3 is 0 Å². The molecule has 1 fully saturated rings. The van der Waals surface area contributed by atoms with Gasteiger partial charge in [-0.3, -0.25) is 5.43 Å². The fraction of sp³-hybridized carbons (Fsp3) is 0.562. The molecule has 1 aliphatic heterocycles. The van der Waals surface area contributed by atoms with Crippen molar-refractivity contribution in [3.63, 3.8) is 0 Å². The molecule has 0 unspecified atom stereocenters. The Bertz CT molecular complexity index is 477. The molecule has 1 aromatic rings. The van der Waals surface area contributed by atoms with E-state index in [9.17, 15) is 0 Å². The molecular formula is C16H24N4. The number of hydrogen-bond acceptors (Lipinski definition) is 2. The Morgan fingerprint density at radius 3 is 2.65 bits per heavy atom. The van der Waals surface area contributed by atoms with Gasteiger partial charge in [-0.1, -0.05) is 37.1 Å². The summed E-state index contributed by atoms with van der Waals surface area (Å²) >= 11 is 0. The molecule has 0 amide bonds. The van der Waals surface area contributed by atoms with Gasteiger partial charge in [0.25, 0.3) is 0 Å². The third kappa shape index (κ3) is 2.96. The van der Waals surface area contributed by atoms with Crippen LogP contribution in [0.4, 0.5) is 0 Å². The highest BCUT2D eigenvalue weighted by molar-refractivity contribution is 5.79. The SMILES string of the molecule is NNC(=NC1CCCC1)N1CCCc2ccccc2C1. The number of nitrogens with one attached hydrogen (secondary N) is 1. The Morgan fingerprint density at radius 1 is 1.15 bits per heavy atom. The van der Waals surface area contributed by atoms with Crippen molar-refractivity contribution in [2.45, 2.75) is 51.1 Å². The van der Waals surface area contributed by atoms with Crippen molar-refractivity contribution < 1.29 is 0 Å². The maximum atomic E-state index is 5.73. The summed E-state index contributed by atoms with van der Waals surface area (Å²) in [6, 6.07) is 9.16. The van der Waals surface area contributed by atoms with E-state index < -0.39 is 0 Å². The Kier molecular flexibility index (Phi) is 4.21. The van der Waals surface area contributed by atoms with Gasteiger partial charge in [-0.15, -0.1) is 0 Å². The topological polar surface area (TPSA) is 53.6 Å². The smallest absolute Gasteiger partial charge is 0.208 e. The van der Waals surface area contributed by atoms with Crippen LogP contribution in [0.15, 0.2) is 29.3 Å². The third-order valence-corrected chi connectivity index (χ3v) is 4.41. The molecule has 20 heavy (non-hydrogen) atoms. The van der Waals surface area contributed by atoms with E-state index in [1.54, 1.807) is 0 Å². The van der Waals surface area contributed by atoms with Crippen LogP contribution in [0.25, 0.3) is 0 Å². The Morgan fingerprint density at radius 2 is 1.90 bits per heavy atom. The number of benzene rings is 1. The minimum absolute atomic E-state index is 0.458. The van der Waals surface area contributed by atoms with Crippen LogP contribution >= 0.6 is 0 Å². The summed E-state index contributed by atoms with van der Waals surface area (Å²) < 4.78 is 0. The molecule has 0 spiro atoms. The quantitative estimate of drug-likeness (QED) is 0.357. The average molecular weight is 272 g/mol. The summed E-state index contributed by atoms with van der Waals surface area (Å²) in [5.74, 6) is 6.60. The summed E-state index contributed by atoms with van der Waals surface area (Å²) in [7, 11) is 0. The van der Waals surface area contributed by atoms with E-state index >= 15 is 0 Å². The molecule has 3 N–H and O–H groups in total. The van der Waals surface area contributed by atoms with Crippen LogP contribution in [0.5, 0.6) is 0 Å². The highest BCUT2D eigenvalue weighted by Crippen LogP contribution is 2.22. The number of aryl methyl sites for hydroxylation is 1. The van der Waals surface area contributed by atoms with Gasteiger partial charge in [0.15, 0.2) is 0 Å². The van der Waals surface area contributed by atoms with Crippen LogP contribution in [-0.4, -0.2) is 23.4 Å². The monoisotopic (exact) mass is 272 g/mol. The van der Waals surface area contributed by atoms with Crippen LogP contribution < -0.4 is 11.3 Å². The van der Waals surface area contributed by atoms with Crippen molar-refractivity contribution >= 4 is 5.96 Å². The zero-order chi connectivity index (χ0) is 13.8. The van der Waals surface area contributed by atoms with E-state index in [1.807, 2.05) is 0 Å². The van der Waals surface area contributed by atoms with Crippen LogP contribution in [0.2, 0.25) is 0 Å². The molecule has 2 aliphatic rings. The van der Waals surface area contributed by atoms with E-state index in [-0.39, 0.29) is 0 Å². The van der Waals surface area contributed by atoms with Crippen molar-refractivity contribution in [1.29, 1.82) is 0 Å². The molecule has 3 rings (SSSR count). The average Bonchev–Trinajstić information content (AvgIpc) is 2.89. The normalized spacial score (nSPS) is 20.6. The fourth-order valence-electron chi connectivity index (χ4n) is 3.30. The van der Waals surface area contributed by atoms with Crippen molar-refractivity contribution in [3.05, 3.63) is 35.4 Å². The number of guanidine groups is 1. The Labute approximate surface area is 121 Å². The molecule has 1 heterocycles. The first kappa shape index (κ1) is 13.4. The van der Waals surface area contributed by atoms with E-state index in [0.717, 1.165) is 31.9 Å². The molecule has 0 atom stereocenters. The predicted octanol–water partition coefficient (Wildman–Crippen LogP) is 2.20. The summed E-state index contributed by atoms with van der Waals surface area (Å²) in [6.07, 6.45) is 7.31. The first-order chi connectivity index (χ1) is 9.86.